The molecule has 8 heteroatoms. The third-order valence-corrected chi connectivity index (χ3v) is 4.03. The molecule has 1 N–H and O–H groups in total. The summed E-state index contributed by atoms with van der Waals surface area (Å²) in [5.74, 6) is 0.279. The van der Waals surface area contributed by atoms with Crippen molar-refractivity contribution in [3.05, 3.63) is 42.2 Å². The second-order valence-electron chi connectivity index (χ2n) is 5.86. The fourth-order valence-electron chi connectivity index (χ4n) is 2.66. The van der Waals surface area contributed by atoms with Gasteiger partial charge in [0.25, 0.3) is 0 Å². The molecule has 0 radical (unpaired) electrons. The number of ether oxygens (including phenoxy) is 3. The van der Waals surface area contributed by atoms with Gasteiger partial charge in [0.2, 0.25) is 17.6 Å². The lowest BCUT2D eigenvalue weighted by atomic mass is 10.2. The number of halogens is 1. The average molecular weight is 390 g/mol. The summed E-state index contributed by atoms with van der Waals surface area (Å²) in [5.41, 5.74) is 0.991. The number of nitrogens with zero attached hydrogens (tertiary/aromatic N) is 1. The fourth-order valence-corrected chi connectivity index (χ4v) is 2.66. The lowest BCUT2D eigenvalue weighted by molar-refractivity contribution is -0.117. The lowest BCUT2D eigenvalue weighted by Gasteiger charge is -2.23. The van der Waals surface area contributed by atoms with Gasteiger partial charge >= 0.3 is 0 Å². The summed E-state index contributed by atoms with van der Waals surface area (Å²) in [7, 11) is 4.45. The molecule has 0 unspecified atom stereocenters. The topological polar surface area (TPSA) is 77.1 Å². The van der Waals surface area contributed by atoms with Crippen LogP contribution >= 0.6 is 0 Å². The number of carbonyl (C=O) groups is 2. The van der Waals surface area contributed by atoms with Crippen LogP contribution in [0.25, 0.3) is 0 Å². The van der Waals surface area contributed by atoms with Gasteiger partial charge in [0, 0.05) is 37.7 Å². The van der Waals surface area contributed by atoms with Crippen LogP contribution in [0.4, 0.5) is 15.8 Å². The summed E-state index contributed by atoms with van der Waals surface area (Å²) >= 11 is 0. The Bertz CT molecular complexity index is 814. The molecule has 0 bridgehead atoms. The van der Waals surface area contributed by atoms with Gasteiger partial charge in [-0.05, 0) is 24.3 Å². The van der Waals surface area contributed by atoms with E-state index in [0.717, 1.165) is 0 Å². The first-order valence-corrected chi connectivity index (χ1v) is 8.53. The maximum atomic E-state index is 12.9. The average Bonchev–Trinajstić information content (AvgIpc) is 2.68. The molecule has 0 spiro atoms. The molecule has 28 heavy (non-hydrogen) atoms. The van der Waals surface area contributed by atoms with Gasteiger partial charge < -0.3 is 24.4 Å². The minimum Gasteiger partial charge on any atom is -0.493 e. The van der Waals surface area contributed by atoms with E-state index in [1.807, 2.05) is 0 Å². The maximum absolute atomic E-state index is 12.9. The molecule has 2 rings (SSSR count). The molecule has 150 valence electrons. The normalized spacial score (nSPS) is 10.2. The highest BCUT2D eigenvalue weighted by Crippen LogP contribution is 2.41. The molecular weight excluding hydrogens is 367 g/mol. The van der Waals surface area contributed by atoms with Gasteiger partial charge in [-0.3, -0.25) is 9.59 Å². The number of hydrogen-bond acceptors (Lipinski definition) is 5. The van der Waals surface area contributed by atoms with Crippen molar-refractivity contribution < 1.29 is 28.2 Å². The van der Waals surface area contributed by atoms with Crippen LogP contribution in [0.1, 0.15) is 13.3 Å². The molecule has 2 amide bonds. The number of rotatable bonds is 8. The Kier molecular flexibility index (Phi) is 7.20. The standard InChI is InChI=1S/C20H23FN2O5/c1-13(24)23(10-9-19(25)22-15-7-5-14(21)6-8-15)16-11-17(26-2)20(28-4)18(12-16)27-3/h5-8,11-12H,9-10H2,1-4H3,(H,22,25). The van der Waals surface area contributed by atoms with Crippen molar-refractivity contribution in [2.24, 2.45) is 0 Å². The number of benzene rings is 2. The van der Waals surface area contributed by atoms with Crippen molar-refractivity contribution in [2.45, 2.75) is 13.3 Å². The minimum atomic E-state index is -0.386. The Hall–Kier alpha value is -3.29. The molecule has 0 fully saturated rings. The number of nitrogens with one attached hydrogen (secondary N) is 1. The Morgan fingerprint density at radius 1 is 1.00 bits per heavy atom. The number of anilines is 2. The summed E-state index contributed by atoms with van der Waals surface area (Å²) in [4.78, 5) is 25.8. The zero-order valence-electron chi connectivity index (χ0n) is 16.2. The van der Waals surface area contributed by atoms with Crippen molar-refractivity contribution in [1.29, 1.82) is 0 Å². The van der Waals surface area contributed by atoms with Crippen LogP contribution in [-0.4, -0.2) is 39.7 Å². The molecule has 0 aliphatic heterocycles. The Morgan fingerprint density at radius 3 is 2.04 bits per heavy atom. The van der Waals surface area contributed by atoms with E-state index in [-0.39, 0.29) is 30.6 Å². The predicted octanol–water partition coefficient (Wildman–Crippen LogP) is 3.23. The highest BCUT2D eigenvalue weighted by Gasteiger charge is 2.19. The molecule has 0 saturated carbocycles. The predicted molar refractivity (Wildman–Crippen MR) is 104 cm³/mol. The summed E-state index contributed by atoms with van der Waals surface area (Å²) in [5, 5.41) is 2.67. The van der Waals surface area contributed by atoms with Crippen molar-refractivity contribution in [2.75, 3.05) is 38.1 Å². The van der Waals surface area contributed by atoms with Crippen molar-refractivity contribution in [1.82, 2.24) is 0 Å². The summed E-state index contributed by atoms with van der Waals surface area (Å²) < 4.78 is 28.8. The molecule has 0 aliphatic rings. The van der Waals surface area contributed by atoms with E-state index in [1.165, 1.54) is 57.4 Å². The van der Waals surface area contributed by atoms with E-state index in [0.29, 0.717) is 28.6 Å². The van der Waals surface area contributed by atoms with Crippen LogP contribution in [-0.2, 0) is 9.59 Å². The number of methoxy groups -OCH3 is 3. The van der Waals surface area contributed by atoms with Gasteiger partial charge in [0.1, 0.15) is 5.82 Å². The second-order valence-corrected chi connectivity index (χ2v) is 5.86. The smallest absolute Gasteiger partial charge is 0.226 e. The van der Waals surface area contributed by atoms with Crippen molar-refractivity contribution in [3.63, 3.8) is 0 Å². The van der Waals surface area contributed by atoms with Crippen LogP contribution in [0.5, 0.6) is 17.2 Å². The SMILES string of the molecule is COc1cc(N(CCC(=O)Nc2ccc(F)cc2)C(C)=O)cc(OC)c1OC. The summed E-state index contributed by atoms with van der Waals surface area (Å²) in [6, 6.07) is 8.73. The maximum Gasteiger partial charge on any atom is 0.226 e. The van der Waals surface area contributed by atoms with E-state index in [4.69, 9.17) is 14.2 Å². The molecular formula is C20H23FN2O5. The van der Waals surface area contributed by atoms with Gasteiger partial charge in [-0.1, -0.05) is 0 Å². The van der Waals surface area contributed by atoms with E-state index in [1.54, 1.807) is 12.1 Å². The Morgan fingerprint density at radius 2 is 1.57 bits per heavy atom. The van der Waals surface area contributed by atoms with Crippen LogP contribution in [0.2, 0.25) is 0 Å². The minimum absolute atomic E-state index is 0.0492. The van der Waals surface area contributed by atoms with Crippen LogP contribution in [0.3, 0.4) is 0 Å². The highest BCUT2D eigenvalue weighted by atomic mass is 19.1. The quantitative estimate of drug-likeness (QED) is 0.749. The molecule has 0 aromatic heterocycles. The first-order valence-electron chi connectivity index (χ1n) is 8.53. The monoisotopic (exact) mass is 390 g/mol. The van der Waals surface area contributed by atoms with E-state index in [9.17, 15) is 14.0 Å². The van der Waals surface area contributed by atoms with Gasteiger partial charge in [-0.15, -0.1) is 0 Å². The third kappa shape index (κ3) is 5.12. The van der Waals surface area contributed by atoms with Gasteiger partial charge in [-0.2, -0.15) is 0 Å². The van der Waals surface area contributed by atoms with Crippen LogP contribution in [0.15, 0.2) is 36.4 Å². The van der Waals surface area contributed by atoms with Gasteiger partial charge in [0.05, 0.1) is 27.0 Å². The zero-order chi connectivity index (χ0) is 20.7. The number of hydrogen-bond donors (Lipinski definition) is 1. The molecule has 0 heterocycles. The summed E-state index contributed by atoms with van der Waals surface area (Å²) in [6.07, 6.45) is 0.0492. The number of amides is 2. The molecule has 0 atom stereocenters. The summed E-state index contributed by atoms with van der Waals surface area (Å²) in [6.45, 7) is 1.54. The Labute approximate surface area is 163 Å². The Balaban J connectivity index is 2.16. The fraction of sp³-hybridized carbons (Fsp3) is 0.300. The highest BCUT2D eigenvalue weighted by molar-refractivity contribution is 5.95. The largest absolute Gasteiger partial charge is 0.493 e. The molecule has 2 aromatic rings. The van der Waals surface area contributed by atoms with Gasteiger partial charge in [-0.25, -0.2) is 4.39 Å². The van der Waals surface area contributed by atoms with Crippen molar-refractivity contribution in [3.8, 4) is 17.2 Å². The molecule has 0 saturated heterocycles. The lowest BCUT2D eigenvalue weighted by Crippen LogP contribution is -2.32. The first kappa shape index (κ1) is 21.0. The van der Waals surface area contributed by atoms with E-state index in [2.05, 4.69) is 5.32 Å². The first-order chi connectivity index (χ1) is 13.4. The number of carbonyl (C=O) groups excluding carboxylic acids is 2. The van der Waals surface area contributed by atoms with E-state index >= 15 is 0 Å². The molecule has 2 aromatic carbocycles. The zero-order valence-corrected chi connectivity index (χ0v) is 16.2. The second kappa shape index (κ2) is 9.59. The molecule has 0 aliphatic carbocycles. The third-order valence-electron chi connectivity index (χ3n) is 4.03. The van der Waals surface area contributed by atoms with Crippen molar-refractivity contribution >= 4 is 23.2 Å². The molecule has 7 nitrogen and oxygen atoms in total. The van der Waals surface area contributed by atoms with E-state index < -0.39 is 0 Å². The van der Waals surface area contributed by atoms with Crippen LogP contribution < -0.4 is 24.4 Å². The van der Waals surface area contributed by atoms with Crippen LogP contribution in [0, 0.1) is 5.82 Å². The van der Waals surface area contributed by atoms with Gasteiger partial charge in [0.15, 0.2) is 11.5 Å².